The Labute approximate surface area is 178 Å². The predicted molar refractivity (Wildman–Crippen MR) is 123 cm³/mol. The lowest BCUT2D eigenvalue weighted by Gasteiger charge is -2.11. The molecule has 30 heavy (non-hydrogen) atoms. The number of carbonyl (C=O) groups excluding carboxylic acids is 1. The van der Waals surface area contributed by atoms with Gasteiger partial charge in [0.25, 0.3) is 0 Å². The molecule has 5 nitrogen and oxygen atoms in total. The molecule has 6 heteroatoms. The quantitative estimate of drug-likeness (QED) is 0.360. The third-order valence-corrected chi connectivity index (χ3v) is 5.27. The van der Waals surface area contributed by atoms with Crippen LogP contribution in [0.4, 0.5) is 5.00 Å². The number of thiazole rings is 1. The smallest absolute Gasteiger partial charge is 0.221 e. The number of benzene rings is 3. The van der Waals surface area contributed by atoms with Gasteiger partial charge in [-0.1, -0.05) is 90.2 Å². The average molecular weight is 413 g/mol. The zero-order chi connectivity index (χ0) is 20.8. The first-order chi connectivity index (χ1) is 14.7. The van der Waals surface area contributed by atoms with Crippen molar-refractivity contribution in [2.24, 2.45) is 10.2 Å². The van der Waals surface area contributed by atoms with E-state index >= 15 is 0 Å². The van der Waals surface area contributed by atoms with Gasteiger partial charge in [-0.3, -0.25) is 9.36 Å². The Bertz CT molecular complexity index is 1230. The van der Waals surface area contributed by atoms with Crippen molar-refractivity contribution in [2.75, 3.05) is 5.32 Å². The highest BCUT2D eigenvalue weighted by atomic mass is 32.1. The number of hydrogen-bond donors (Lipinski definition) is 1. The van der Waals surface area contributed by atoms with E-state index in [0.29, 0.717) is 4.80 Å². The van der Waals surface area contributed by atoms with Gasteiger partial charge in [0.1, 0.15) is 5.00 Å². The first kappa shape index (κ1) is 19.5. The molecule has 0 saturated carbocycles. The van der Waals surface area contributed by atoms with Crippen LogP contribution in [-0.2, 0) is 4.79 Å². The molecule has 0 atom stereocenters. The molecule has 1 amide bonds. The van der Waals surface area contributed by atoms with E-state index in [1.165, 1.54) is 18.3 Å². The van der Waals surface area contributed by atoms with E-state index < -0.39 is 0 Å². The lowest BCUT2D eigenvalue weighted by molar-refractivity contribution is -0.114. The third kappa shape index (κ3) is 4.45. The van der Waals surface area contributed by atoms with Crippen LogP contribution in [0.3, 0.4) is 0 Å². The minimum Gasteiger partial charge on any atom is -0.316 e. The molecule has 4 aromatic rings. The number of anilines is 1. The molecule has 0 radical (unpaired) electrons. The summed E-state index contributed by atoms with van der Waals surface area (Å²) in [5, 5.41) is 12.5. The summed E-state index contributed by atoms with van der Waals surface area (Å²) in [6, 6.07) is 29.7. The molecular weight excluding hydrogens is 392 g/mol. The molecule has 0 saturated heterocycles. The average Bonchev–Trinajstić information content (AvgIpc) is 3.13. The van der Waals surface area contributed by atoms with E-state index in [2.05, 4.69) is 15.5 Å². The maximum absolute atomic E-state index is 11.9. The molecule has 0 unspecified atom stereocenters. The number of aromatic nitrogens is 1. The second kappa shape index (κ2) is 9.15. The molecule has 1 N–H and O–H groups in total. The van der Waals surface area contributed by atoms with Gasteiger partial charge in [0.15, 0.2) is 0 Å². The van der Waals surface area contributed by atoms with E-state index in [-0.39, 0.29) is 5.91 Å². The van der Waals surface area contributed by atoms with Crippen molar-refractivity contribution in [1.29, 1.82) is 0 Å². The summed E-state index contributed by atoms with van der Waals surface area (Å²) in [6.45, 7) is 1.51. The zero-order valence-corrected chi connectivity index (χ0v) is 17.2. The molecular formula is C24H20N4OS. The first-order valence-electron chi connectivity index (χ1n) is 9.49. The molecule has 0 bridgehead atoms. The normalized spacial score (nSPS) is 11.7. The molecule has 0 aliphatic heterocycles. The van der Waals surface area contributed by atoms with E-state index in [4.69, 9.17) is 0 Å². The van der Waals surface area contributed by atoms with Gasteiger partial charge < -0.3 is 5.32 Å². The predicted octanol–water partition coefficient (Wildman–Crippen LogP) is 5.10. The molecule has 0 fully saturated rings. The molecule has 3 aromatic carbocycles. The number of carbonyl (C=O) groups is 1. The van der Waals surface area contributed by atoms with Crippen LogP contribution >= 0.6 is 11.3 Å². The van der Waals surface area contributed by atoms with Crippen molar-refractivity contribution in [3.05, 3.63) is 101 Å². The second-order valence-electron chi connectivity index (χ2n) is 6.54. The van der Waals surface area contributed by atoms with E-state index in [9.17, 15) is 4.79 Å². The van der Waals surface area contributed by atoms with Crippen LogP contribution in [0.1, 0.15) is 12.5 Å². The minimum atomic E-state index is -0.132. The standard InChI is InChI=1S/C24H20N4OS/c1-18(29)26-23-22(20-13-7-3-8-14-20)28(21-15-9-4-10-16-21)24(30-23)27-25-17-19-11-5-2-6-12-19/h2-17H,1H3,(H,26,29)/b25-17-,27-24-. The highest BCUT2D eigenvalue weighted by Gasteiger charge is 2.18. The molecule has 148 valence electrons. The number of rotatable bonds is 5. The Hall–Kier alpha value is -3.77. The second-order valence-corrected chi connectivity index (χ2v) is 7.51. The molecule has 4 rings (SSSR count). The lowest BCUT2D eigenvalue weighted by Crippen LogP contribution is -2.13. The van der Waals surface area contributed by atoms with Gasteiger partial charge in [-0.25, -0.2) is 0 Å². The van der Waals surface area contributed by atoms with Crippen LogP contribution in [0.25, 0.3) is 16.9 Å². The van der Waals surface area contributed by atoms with Gasteiger partial charge in [-0.2, -0.15) is 5.10 Å². The molecule has 1 aromatic heterocycles. The van der Waals surface area contributed by atoms with Crippen molar-refractivity contribution < 1.29 is 4.79 Å². The first-order valence-corrected chi connectivity index (χ1v) is 10.3. The van der Waals surface area contributed by atoms with E-state index in [1.807, 2.05) is 95.6 Å². The minimum absolute atomic E-state index is 0.132. The Morgan fingerprint density at radius 3 is 2.13 bits per heavy atom. The number of hydrogen-bond acceptors (Lipinski definition) is 4. The fourth-order valence-corrected chi connectivity index (χ4v) is 4.11. The van der Waals surface area contributed by atoms with Gasteiger partial charge in [0, 0.05) is 18.2 Å². The summed E-state index contributed by atoms with van der Waals surface area (Å²) in [6.07, 6.45) is 1.72. The van der Waals surface area contributed by atoms with E-state index in [1.54, 1.807) is 6.21 Å². The van der Waals surface area contributed by atoms with Crippen molar-refractivity contribution in [3.63, 3.8) is 0 Å². The van der Waals surface area contributed by atoms with Crippen molar-refractivity contribution >= 4 is 28.5 Å². The van der Waals surface area contributed by atoms with Crippen LogP contribution in [0.5, 0.6) is 0 Å². The van der Waals surface area contributed by atoms with Gasteiger partial charge in [0.05, 0.1) is 11.9 Å². The number of para-hydroxylation sites is 1. The Morgan fingerprint density at radius 2 is 1.50 bits per heavy atom. The summed E-state index contributed by atoms with van der Waals surface area (Å²) in [7, 11) is 0. The number of nitrogens with zero attached hydrogens (tertiary/aromatic N) is 3. The van der Waals surface area contributed by atoms with Crippen LogP contribution in [-0.4, -0.2) is 16.7 Å². The summed E-state index contributed by atoms with van der Waals surface area (Å²) in [5.41, 5.74) is 3.76. The monoisotopic (exact) mass is 412 g/mol. The highest BCUT2D eigenvalue weighted by Crippen LogP contribution is 2.32. The van der Waals surface area contributed by atoms with Gasteiger partial charge in [0.2, 0.25) is 10.7 Å². The van der Waals surface area contributed by atoms with Gasteiger partial charge >= 0.3 is 0 Å². The van der Waals surface area contributed by atoms with Gasteiger partial charge in [-0.15, -0.1) is 5.10 Å². The summed E-state index contributed by atoms with van der Waals surface area (Å²) in [5.74, 6) is -0.132. The van der Waals surface area contributed by atoms with Crippen LogP contribution < -0.4 is 10.1 Å². The summed E-state index contributed by atoms with van der Waals surface area (Å²) < 4.78 is 2.02. The lowest BCUT2D eigenvalue weighted by atomic mass is 10.1. The fraction of sp³-hybridized carbons (Fsp3) is 0.0417. The molecule has 0 spiro atoms. The SMILES string of the molecule is CC(=O)Nc1s/c(=N\N=C/c2ccccc2)n(-c2ccccc2)c1-c1ccccc1. The Kier molecular flexibility index (Phi) is 5.96. The van der Waals surface area contributed by atoms with E-state index in [0.717, 1.165) is 27.5 Å². The van der Waals surface area contributed by atoms with Crippen LogP contribution in [0.2, 0.25) is 0 Å². The zero-order valence-electron chi connectivity index (χ0n) is 16.4. The maximum atomic E-state index is 11.9. The summed E-state index contributed by atoms with van der Waals surface area (Å²) >= 11 is 1.39. The Balaban J connectivity index is 1.93. The highest BCUT2D eigenvalue weighted by molar-refractivity contribution is 7.14. The Morgan fingerprint density at radius 1 is 0.900 bits per heavy atom. The van der Waals surface area contributed by atoms with Crippen molar-refractivity contribution in [2.45, 2.75) is 6.92 Å². The topological polar surface area (TPSA) is 58.8 Å². The molecule has 0 aliphatic carbocycles. The molecule has 1 heterocycles. The number of amides is 1. The third-order valence-electron chi connectivity index (χ3n) is 4.32. The number of nitrogens with one attached hydrogen (secondary N) is 1. The van der Waals surface area contributed by atoms with Crippen LogP contribution in [0, 0.1) is 0 Å². The van der Waals surface area contributed by atoms with Gasteiger partial charge in [-0.05, 0) is 17.7 Å². The largest absolute Gasteiger partial charge is 0.316 e. The van der Waals surface area contributed by atoms with Crippen LogP contribution in [0.15, 0.2) is 101 Å². The fourth-order valence-electron chi connectivity index (χ4n) is 3.05. The molecule has 0 aliphatic rings. The van der Waals surface area contributed by atoms with Crippen molar-refractivity contribution in [3.8, 4) is 16.9 Å². The maximum Gasteiger partial charge on any atom is 0.221 e. The van der Waals surface area contributed by atoms with Crippen molar-refractivity contribution in [1.82, 2.24) is 4.57 Å². The summed E-state index contributed by atoms with van der Waals surface area (Å²) in [4.78, 5) is 12.5.